The number of fused-ring (bicyclic) bond motifs is 8. The monoisotopic (exact) mass is 1040 g/mol. The Morgan fingerprint density at radius 3 is 1.32 bits per heavy atom. The van der Waals surface area contributed by atoms with Gasteiger partial charge < -0.3 is 28.7 Å². The molecular weight excluding hydrogens is 975 g/mol. The van der Waals surface area contributed by atoms with Gasteiger partial charge in [0, 0.05) is 79.5 Å². The van der Waals surface area contributed by atoms with E-state index in [1.54, 1.807) is 0 Å². The van der Waals surface area contributed by atoms with E-state index >= 15 is 0 Å². The van der Waals surface area contributed by atoms with E-state index in [2.05, 4.69) is 129 Å². The fourth-order valence-electron chi connectivity index (χ4n) is 10.1. The molecule has 2 aromatic heterocycles. The summed E-state index contributed by atoms with van der Waals surface area (Å²) in [7, 11) is 4.20. The summed E-state index contributed by atoms with van der Waals surface area (Å²) in [5.74, 6) is -0.910. The fourth-order valence-corrected chi connectivity index (χ4v) is 10.3. The maximum absolute atomic E-state index is 11.2. The number of anilines is 4. The smallest absolute Gasteiger partial charge is 0.302 e. The molecule has 8 aromatic rings. The van der Waals surface area contributed by atoms with Gasteiger partial charge in [0.05, 0.1) is 71.6 Å². The van der Waals surface area contributed by atoms with Crippen LogP contribution in [0.4, 0.5) is 22.7 Å². The summed E-state index contributed by atoms with van der Waals surface area (Å²) in [6, 6.07) is 38.1. The van der Waals surface area contributed by atoms with Crippen molar-refractivity contribution in [2.24, 2.45) is 0 Å². The second kappa shape index (κ2) is 24.9. The quantitative estimate of drug-likeness (QED) is 0.0299. The van der Waals surface area contributed by atoms with Crippen molar-refractivity contribution >= 4 is 108 Å². The topological polar surface area (TPSA) is 137 Å². The molecule has 2 aliphatic rings. The van der Waals surface area contributed by atoms with Gasteiger partial charge in [-0.25, -0.2) is 9.97 Å². The highest BCUT2D eigenvalue weighted by Crippen LogP contribution is 2.50. The van der Waals surface area contributed by atoms with Crippen molar-refractivity contribution in [3.8, 4) is 22.5 Å². The summed E-state index contributed by atoms with van der Waals surface area (Å²) in [6.07, 6.45) is 6.90. The number of pyridine rings is 2. The Balaban J connectivity index is 0.000000173. The minimum absolute atomic E-state index is 0.177. The van der Waals surface area contributed by atoms with Crippen LogP contribution in [0.1, 0.15) is 70.1 Å². The molecule has 0 N–H and O–H groups in total. The van der Waals surface area contributed by atoms with Gasteiger partial charge in [-0.05, 0) is 127 Å². The lowest BCUT2D eigenvalue weighted by Gasteiger charge is -2.30. The third-order valence-electron chi connectivity index (χ3n) is 13.6. The fraction of sp³-hybridized carbons (Fsp3) is 0.323. The molecule has 0 aliphatic carbocycles. The van der Waals surface area contributed by atoms with Gasteiger partial charge in [0.2, 0.25) is 0 Å². The number of rotatable bonds is 16. The first kappa shape index (κ1) is 54.7. The summed E-state index contributed by atoms with van der Waals surface area (Å²) in [6.45, 7) is 12.6. The molecular formula is C62H66BClN4O8. The van der Waals surface area contributed by atoms with E-state index in [9.17, 15) is 19.2 Å². The summed E-state index contributed by atoms with van der Waals surface area (Å²) in [5.41, 5.74) is 14.3. The Bertz CT molecular complexity index is 3470. The molecule has 76 heavy (non-hydrogen) atoms. The number of halogens is 1. The average molecular weight is 1040 g/mol. The Kier molecular flexibility index (Phi) is 17.9. The second-order valence-electron chi connectivity index (χ2n) is 19.9. The molecule has 0 atom stereocenters. The van der Waals surface area contributed by atoms with Crippen LogP contribution in [0.25, 0.3) is 65.9 Å². The molecule has 0 unspecified atom stereocenters. The van der Waals surface area contributed by atoms with Gasteiger partial charge in [-0.15, -0.1) is 0 Å². The van der Waals surface area contributed by atoms with E-state index in [0.29, 0.717) is 38.2 Å². The maximum atomic E-state index is 11.2. The Hall–Kier alpha value is -7.51. The predicted molar refractivity (Wildman–Crippen MR) is 309 cm³/mol. The Labute approximate surface area is 450 Å². The number of aryl methyl sites for hydroxylation is 3. The van der Waals surface area contributed by atoms with Gasteiger partial charge in [0.15, 0.2) is 0 Å². The van der Waals surface area contributed by atoms with Crippen LogP contribution in [-0.2, 0) is 57.4 Å². The number of hydrogen-bond donors (Lipinski definition) is 0. The molecule has 0 spiro atoms. The maximum Gasteiger partial charge on any atom is 0.302 e. The first-order valence-electron chi connectivity index (χ1n) is 26.2. The molecule has 0 saturated carbocycles. The number of aromatic nitrogens is 2. The van der Waals surface area contributed by atoms with E-state index < -0.39 is 0 Å². The van der Waals surface area contributed by atoms with E-state index in [1.807, 2.05) is 18.2 Å². The van der Waals surface area contributed by atoms with Crippen LogP contribution in [0.3, 0.4) is 0 Å². The van der Waals surface area contributed by atoms with Gasteiger partial charge in [-0.1, -0.05) is 86.2 Å². The van der Waals surface area contributed by atoms with Crippen molar-refractivity contribution in [1.82, 2.24) is 9.97 Å². The first-order chi connectivity index (χ1) is 36.6. The highest BCUT2D eigenvalue weighted by molar-refractivity contribution is 6.55. The number of benzene rings is 6. The van der Waals surface area contributed by atoms with Crippen molar-refractivity contribution in [3.63, 3.8) is 0 Å². The lowest BCUT2D eigenvalue weighted by Crippen LogP contribution is -2.16. The molecule has 0 fully saturated rings. The van der Waals surface area contributed by atoms with Gasteiger partial charge in [0.1, 0.15) is 6.71 Å². The van der Waals surface area contributed by atoms with Crippen molar-refractivity contribution < 1.29 is 38.1 Å². The van der Waals surface area contributed by atoms with E-state index in [4.69, 9.17) is 40.5 Å². The highest BCUT2D eigenvalue weighted by Gasteiger charge is 2.27. The number of carbonyl (C=O) groups is 4. The number of carbonyl (C=O) groups excluding carboxylic acids is 4. The summed E-state index contributed by atoms with van der Waals surface area (Å²) >= 11 is 6.34. The molecule has 2 aliphatic heterocycles. The van der Waals surface area contributed by atoms with E-state index in [1.165, 1.54) is 49.8 Å². The number of para-hydroxylation sites is 2. The normalized spacial score (nSPS) is 11.8. The number of ether oxygens (including phenoxy) is 4. The minimum atomic E-state index is -0.247. The molecule has 14 heteroatoms. The molecule has 10 rings (SSSR count). The van der Waals surface area contributed by atoms with Crippen molar-refractivity contribution in [2.45, 2.75) is 92.6 Å². The van der Waals surface area contributed by atoms with Crippen LogP contribution >= 0.6 is 11.6 Å². The van der Waals surface area contributed by atoms with Crippen molar-refractivity contribution in [2.75, 3.05) is 50.3 Å². The lowest BCUT2D eigenvalue weighted by atomic mass is 9.52. The number of esters is 4. The van der Waals surface area contributed by atoms with Gasteiger partial charge in [-0.2, -0.15) is 0 Å². The van der Waals surface area contributed by atoms with Crippen molar-refractivity contribution in [3.05, 3.63) is 131 Å². The molecule has 392 valence electrons. The Morgan fingerprint density at radius 1 is 0.474 bits per heavy atom. The van der Waals surface area contributed by atoms with Gasteiger partial charge in [-0.3, -0.25) is 19.2 Å². The molecule has 0 saturated heterocycles. The molecule has 12 nitrogen and oxygen atoms in total. The first-order valence-corrected chi connectivity index (χ1v) is 26.6. The third-order valence-corrected chi connectivity index (χ3v) is 13.9. The number of nitrogens with zero attached hydrogens (tertiary/aromatic N) is 4. The summed E-state index contributed by atoms with van der Waals surface area (Å²) in [5, 5.41) is 7.51. The zero-order valence-electron chi connectivity index (χ0n) is 44.9. The van der Waals surface area contributed by atoms with Crippen LogP contribution in [0.2, 0.25) is 25.0 Å². The lowest BCUT2D eigenvalue weighted by molar-refractivity contribution is -0.142. The summed E-state index contributed by atoms with van der Waals surface area (Å²) in [4.78, 5) is 58.3. The molecule has 4 heterocycles. The van der Waals surface area contributed by atoms with Crippen LogP contribution in [0, 0.1) is 0 Å². The average Bonchev–Trinajstić information content (AvgIpc) is 3.40. The standard InChI is InChI=1S/C30H30N2O4.C25H21ClN2O2.C7H15BO2/c1-19(33)35-14-6-8-21-12-13-26-24(16-21)25-17-22(9-7-15-36-20(2)34)18-28-29(25)30(31-26)23-10-4-5-11-27(23)32(28)3;1-15(29)30-11-5-6-16-12-20-19-14-17(26)9-10-21(19)27-25-18-7-3-4-8-22(18)28(2)23(13-16)24(20)25;1-7(9)10-6-4-5-8(2)3/h4-5,10-13,16-18H,6-9,14-15H2,1-3H3;3-4,7-10,12-14H,5-6,11H2,1-2H3;4-6H2,1-3H3. The van der Waals surface area contributed by atoms with Gasteiger partial charge >= 0.3 is 23.9 Å². The molecule has 0 radical (unpaired) electrons. The zero-order chi connectivity index (χ0) is 54.0. The van der Waals surface area contributed by atoms with E-state index in [-0.39, 0.29) is 23.9 Å². The highest BCUT2D eigenvalue weighted by atomic mass is 35.5. The third kappa shape index (κ3) is 12.9. The molecule has 0 bridgehead atoms. The SMILES string of the molecule is CB(C)CCCOC(C)=O.CC(=O)OCCCc1cc2c3c(nc4ccc(Cl)cc4c3c1)-c1ccccc1N2C.CC(=O)OCCCc1ccc2nc3c4c(cc(CCCOC(C)=O)cc4c2c1)N(C)c1ccccc1-3. The summed E-state index contributed by atoms with van der Waals surface area (Å²) < 4.78 is 20.1. The minimum Gasteiger partial charge on any atom is -0.466 e. The van der Waals surface area contributed by atoms with Crippen LogP contribution < -0.4 is 9.80 Å². The Morgan fingerprint density at radius 2 is 0.868 bits per heavy atom. The largest absolute Gasteiger partial charge is 0.466 e. The number of hydrogen-bond acceptors (Lipinski definition) is 12. The van der Waals surface area contributed by atoms with Crippen LogP contribution in [-0.4, -0.2) is 81.1 Å². The predicted octanol–water partition coefficient (Wildman–Crippen LogP) is 14.1. The molecule has 6 aromatic carbocycles. The van der Waals surface area contributed by atoms with E-state index in [0.717, 1.165) is 134 Å². The van der Waals surface area contributed by atoms with Crippen LogP contribution in [0.15, 0.2) is 109 Å². The van der Waals surface area contributed by atoms with Gasteiger partial charge in [0.25, 0.3) is 0 Å². The molecule has 0 amide bonds. The second-order valence-corrected chi connectivity index (χ2v) is 20.3. The van der Waals surface area contributed by atoms with Crippen LogP contribution in [0.5, 0.6) is 0 Å². The zero-order valence-corrected chi connectivity index (χ0v) is 45.6. The van der Waals surface area contributed by atoms with Crippen molar-refractivity contribution in [1.29, 1.82) is 0 Å².